The van der Waals surface area contributed by atoms with Crippen LogP contribution in [0.1, 0.15) is 22.3 Å². The van der Waals surface area contributed by atoms with Crippen LogP contribution in [0.3, 0.4) is 0 Å². The van der Waals surface area contributed by atoms with Crippen molar-refractivity contribution in [3.63, 3.8) is 0 Å². The Kier molecular flexibility index (Phi) is 6.88. The van der Waals surface area contributed by atoms with E-state index in [-0.39, 0.29) is 11.8 Å². The van der Waals surface area contributed by atoms with Crippen molar-refractivity contribution in [2.45, 2.75) is 19.4 Å². The predicted octanol–water partition coefficient (Wildman–Crippen LogP) is 3.49. The molecule has 24 heavy (non-hydrogen) atoms. The lowest BCUT2D eigenvalue weighted by Crippen LogP contribution is -2.44. The fraction of sp³-hybridized carbons (Fsp3) is 0.263. The number of carbonyl (C=O) groups excluding carboxylic acids is 2. The Morgan fingerprint density at radius 2 is 1.71 bits per heavy atom. The molecule has 0 aromatic heterocycles. The summed E-state index contributed by atoms with van der Waals surface area (Å²) in [6, 6.07) is 16.0. The molecule has 0 aliphatic rings. The second-order valence-electron chi connectivity index (χ2n) is 5.53. The summed E-state index contributed by atoms with van der Waals surface area (Å²) in [6.45, 7) is 1.97. The highest BCUT2D eigenvalue weighted by Gasteiger charge is 2.21. The largest absolute Gasteiger partial charge is 0.340 e. The van der Waals surface area contributed by atoms with Crippen LogP contribution in [0.25, 0.3) is 0 Å². The van der Waals surface area contributed by atoms with Gasteiger partial charge in [-0.2, -0.15) is 11.8 Å². The number of thioether (sulfide) groups is 1. The third-order valence-corrected chi connectivity index (χ3v) is 4.23. The summed E-state index contributed by atoms with van der Waals surface area (Å²) in [4.78, 5) is 24.9. The molecule has 2 amide bonds. The molecule has 0 bridgehead atoms. The number of para-hydroxylation sites is 1. The van der Waals surface area contributed by atoms with E-state index in [1.165, 1.54) is 0 Å². The van der Waals surface area contributed by atoms with Crippen molar-refractivity contribution in [3.8, 4) is 0 Å². The standard InChI is InChI=1S/C19H22N2O2S/c1-14-8-10-15(11-9-14)18(22)21-17(12-13-24-2)19(23)20-16-6-4-3-5-7-16/h3-11,17H,12-13H2,1-2H3,(H,20,23)(H,21,22)/t17-/m0/s1. The van der Waals surface area contributed by atoms with Gasteiger partial charge in [-0.15, -0.1) is 0 Å². The van der Waals surface area contributed by atoms with Gasteiger partial charge in [-0.05, 0) is 49.6 Å². The molecule has 0 unspecified atom stereocenters. The quantitative estimate of drug-likeness (QED) is 0.810. The monoisotopic (exact) mass is 342 g/mol. The van der Waals surface area contributed by atoms with Gasteiger partial charge in [0.1, 0.15) is 6.04 Å². The minimum atomic E-state index is -0.563. The summed E-state index contributed by atoms with van der Waals surface area (Å²) >= 11 is 1.65. The van der Waals surface area contributed by atoms with Crippen LogP contribution < -0.4 is 10.6 Å². The van der Waals surface area contributed by atoms with Crippen LogP contribution in [-0.2, 0) is 4.79 Å². The van der Waals surface area contributed by atoms with Crippen molar-refractivity contribution in [3.05, 3.63) is 65.7 Å². The fourth-order valence-corrected chi connectivity index (χ4v) is 2.67. The van der Waals surface area contributed by atoms with Gasteiger partial charge >= 0.3 is 0 Å². The van der Waals surface area contributed by atoms with Crippen molar-refractivity contribution >= 4 is 29.3 Å². The number of anilines is 1. The number of carbonyl (C=O) groups is 2. The van der Waals surface area contributed by atoms with E-state index < -0.39 is 6.04 Å². The van der Waals surface area contributed by atoms with E-state index in [0.29, 0.717) is 12.0 Å². The molecule has 0 aliphatic carbocycles. The maximum absolute atomic E-state index is 12.5. The van der Waals surface area contributed by atoms with Crippen LogP contribution in [0.4, 0.5) is 5.69 Å². The van der Waals surface area contributed by atoms with Gasteiger partial charge in [0, 0.05) is 11.3 Å². The Labute approximate surface area is 147 Å². The van der Waals surface area contributed by atoms with Gasteiger partial charge in [-0.3, -0.25) is 9.59 Å². The maximum Gasteiger partial charge on any atom is 0.251 e. The second kappa shape index (κ2) is 9.13. The third-order valence-electron chi connectivity index (χ3n) is 3.59. The smallest absolute Gasteiger partial charge is 0.251 e. The number of rotatable bonds is 7. The topological polar surface area (TPSA) is 58.2 Å². The minimum Gasteiger partial charge on any atom is -0.340 e. The molecule has 1 atom stereocenters. The Balaban J connectivity index is 2.05. The van der Waals surface area contributed by atoms with Crippen LogP contribution >= 0.6 is 11.8 Å². The van der Waals surface area contributed by atoms with E-state index in [0.717, 1.165) is 17.0 Å². The van der Waals surface area contributed by atoms with Crippen molar-refractivity contribution in [2.24, 2.45) is 0 Å². The SMILES string of the molecule is CSCC[C@H](NC(=O)c1ccc(C)cc1)C(=O)Nc1ccccc1. The van der Waals surface area contributed by atoms with E-state index in [1.54, 1.807) is 23.9 Å². The number of amides is 2. The number of hydrogen-bond acceptors (Lipinski definition) is 3. The van der Waals surface area contributed by atoms with Gasteiger partial charge in [0.05, 0.1) is 0 Å². The Morgan fingerprint density at radius 1 is 1.04 bits per heavy atom. The van der Waals surface area contributed by atoms with Crippen LogP contribution in [0.5, 0.6) is 0 Å². The Hall–Kier alpha value is -2.27. The maximum atomic E-state index is 12.5. The first-order chi connectivity index (χ1) is 11.6. The first-order valence-corrected chi connectivity index (χ1v) is 9.22. The van der Waals surface area contributed by atoms with Gasteiger partial charge in [0.25, 0.3) is 5.91 Å². The average Bonchev–Trinajstić information content (AvgIpc) is 2.59. The summed E-state index contributed by atoms with van der Waals surface area (Å²) < 4.78 is 0. The van der Waals surface area contributed by atoms with Crippen molar-refractivity contribution in [1.82, 2.24) is 5.32 Å². The lowest BCUT2D eigenvalue weighted by molar-refractivity contribution is -0.118. The third kappa shape index (κ3) is 5.42. The van der Waals surface area contributed by atoms with E-state index in [2.05, 4.69) is 10.6 Å². The Bertz CT molecular complexity index is 672. The number of benzene rings is 2. The van der Waals surface area contributed by atoms with Crippen LogP contribution in [0.2, 0.25) is 0 Å². The van der Waals surface area contributed by atoms with Crippen LogP contribution in [-0.4, -0.2) is 29.9 Å². The van der Waals surface area contributed by atoms with Crippen molar-refractivity contribution in [1.29, 1.82) is 0 Å². The second-order valence-corrected chi connectivity index (χ2v) is 6.51. The fourth-order valence-electron chi connectivity index (χ4n) is 2.20. The molecule has 0 heterocycles. The van der Waals surface area contributed by atoms with Gasteiger partial charge in [0.2, 0.25) is 5.91 Å². The molecule has 0 saturated heterocycles. The highest BCUT2D eigenvalue weighted by atomic mass is 32.2. The molecule has 0 radical (unpaired) electrons. The Morgan fingerprint density at radius 3 is 2.33 bits per heavy atom. The normalized spacial score (nSPS) is 11.6. The molecule has 2 rings (SSSR count). The molecule has 2 aromatic carbocycles. The molecule has 0 fully saturated rings. The summed E-state index contributed by atoms with van der Waals surface area (Å²) in [7, 11) is 0. The zero-order chi connectivity index (χ0) is 17.4. The van der Waals surface area contributed by atoms with Crippen LogP contribution in [0, 0.1) is 6.92 Å². The molecule has 126 valence electrons. The first kappa shape index (κ1) is 18.1. The molecule has 2 aromatic rings. The van der Waals surface area contributed by atoms with E-state index in [9.17, 15) is 9.59 Å². The van der Waals surface area contributed by atoms with E-state index in [4.69, 9.17) is 0 Å². The summed E-state index contributed by atoms with van der Waals surface area (Å²) in [6.07, 6.45) is 2.56. The van der Waals surface area contributed by atoms with Gasteiger partial charge in [-0.1, -0.05) is 35.9 Å². The predicted molar refractivity (Wildman–Crippen MR) is 101 cm³/mol. The van der Waals surface area contributed by atoms with Crippen LogP contribution in [0.15, 0.2) is 54.6 Å². The molecule has 0 aliphatic heterocycles. The number of hydrogen-bond donors (Lipinski definition) is 2. The highest BCUT2D eigenvalue weighted by molar-refractivity contribution is 7.98. The molecule has 0 spiro atoms. The summed E-state index contributed by atoms with van der Waals surface area (Å²) in [5.41, 5.74) is 2.37. The number of nitrogens with one attached hydrogen (secondary N) is 2. The first-order valence-electron chi connectivity index (χ1n) is 7.82. The molecule has 0 saturated carbocycles. The lowest BCUT2D eigenvalue weighted by atomic mass is 10.1. The summed E-state index contributed by atoms with van der Waals surface area (Å²) in [5.74, 6) is 0.362. The molecule has 2 N–H and O–H groups in total. The zero-order valence-electron chi connectivity index (χ0n) is 13.9. The highest BCUT2D eigenvalue weighted by Crippen LogP contribution is 2.10. The average molecular weight is 342 g/mol. The van der Waals surface area contributed by atoms with Gasteiger partial charge < -0.3 is 10.6 Å². The van der Waals surface area contributed by atoms with E-state index >= 15 is 0 Å². The molecule has 5 heteroatoms. The van der Waals surface area contributed by atoms with Gasteiger partial charge in [-0.25, -0.2) is 0 Å². The van der Waals surface area contributed by atoms with Crippen molar-refractivity contribution in [2.75, 3.05) is 17.3 Å². The number of aryl methyl sites for hydroxylation is 1. The molecular weight excluding hydrogens is 320 g/mol. The molecule has 4 nitrogen and oxygen atoms in total. The van der Waals surface area contributed by atoms with Crippen molar-refractivity contribution < 1.29 is 9.59 Å². The summed E-state index contributed by atoms with van der Waals surface area (Å²) in [5, 5.41) is 5.70. The minimum absolute atomic E-state index is 0.198. The van der Waals surface area contributed by atoms with Gasteiger partial charge in [0.15, 0.2) is 0 Å². The zero-order valence-corrected chi connectivity index (χ0v) is 14.7. The lowest BCUT2D eigenvalue weighted by Gasteiger charge is -2.18. The van der Waals surface area contributed by atoms with E-state index in [1.807, 2.05) is 55.6 Å². The molecular formula is C19H22N2O2S.